The van der Waals surface area contributed by atoms with Gasteiger partial charge in [-0.1, -0.05) is 17.7 Å². The molecule has 3 aromatic rings. The van der Waals surface area contributed by atoms with E-state index in [0.29, 0.717) is 16.9 Å². The smallest absolute Gasteiger partial charge is 0.268 e. The lowest BCUT2D eigenvalue weighted by molar-refractivity contribution is -0.118. The molecule has 1 atom stereocenters. The van der Waals surface area contributed by atoms with E-state index in [2.05, 4.69) is 10.6 Å². The number of carbonyl (C=O) groups is 2. The fourth-order valence-corrected chi connectivity index (χ4v) is 5.96. The Balaban J connectivity index is 1.60. The second-order valence-electron chi connectivity index (χ2n) is 8.72. The largest absolute Gasteiger partial charge is 0.457 e. The summed E-state index contributed by atoms with van der Waals surface area (Å²) in [6.45, 7) is 1.88. The molecular weight excluding hydrogens is 518 g/mol. The Morgan fingerprint density at radius 1 is 1.03 bits per heavy atom. The van der Waals surface area contributed by atoms with Gasteiger partial charge in [-0.2, -0.15) is 0 Å². The average Bonchev–Trinajstić information content (AvgIpc) is 3.44. The van der Waals surface area contributed by atoms with Crippen molar-refractivity contribution in [1.29, 1.82) is 0 Å². The zero-order chi connectivity index (χ0) is 26.8. The zero-order valence-corrected chi connectivity index (χ0v) is 21.4. The van der Waals surface area contributed by atoms with Crippen molar-refractivity contribution in [3.05, 3.63) is 83.2 Å². The summed E-state index contributed by atoms with van der Waals surface area (Å²) < 4.78 is 52.3. The second-order valence-corrected chi connectivity index (χ2v) is 12.5. The number of nitrogens with two attached hydrogens (primary N) is 1. The fraction of sp³-hybridized carbons (Fsp3) is 0.200. The summed E-state index contributed by atoms with van der Waals surface area (Å²) >= 11 is 0. The first kappa shape index (κ1) is 26.3. The van der Waals surface area contributed by atoms with Gasteiger partial charge in [-0.25, -0.2) is 22.0 Å². The van der Waals surface area contributed by atoms with Crippen LogP contribution >= 0.6 is 0 Å². The zero-order valence-electron chi connectivity index (χ0n) is 19.8. The monoisotopic (exact) mass is 543 g/mol. The van der Waals surface area contributed by atoms with Crippen LogP contribution in [0.4, 0.5) is 0 Å². The van der Waals surface area contributed by atoms with E-state index in [9.17, 15) is 26.4 Å². The fourth-order valence-electron chi connectivity index (χ4n) is 3.77. The Morgan fingerprint density at radius 2 is 1.70 bits per heavy atom. The predicted molar refractivity (Wildman–Crippen MR) is 137 cm³/mol. The molecule has 12 heteroatoms. The molecule has 0 aliphatic carbocycles. The third-order valence-electron chi connectivity index (χ3n) is 5.75. The number of amides is 2. The van der Waals surface area contributed by atoms with Crippen molar-refractivity contribution in [2.24, 2.45) is 5.14 Å². The quantitative estimate of drug-likeness (QED) is 0.383. The van der Waals surface area contributed by atoms with Crippen LogP contribution in [0.5, 0.6) is 0 Å². The molecule has 0 radical (unpaired) electrons. The number of hydrogen-bond acceptors (Lipinski definition) is 7. The highest BCUT2D eigenvalue weighted by Crippen LogP contribution is 2.25. The third kappa shape index (κ3) is 6.73. The van der Waals surface area contributed by atoms with E-state index < -0.39 is 37.7 Å². The summed E-state index contributed by atoms with van der Waals surface area (Å²) in [7, 11) is -7.06. The van der Waals surface area contributed by atoms with Crippen molar-refractivity contribution >= 4 is 37.8 Å². The standard InChI is InChI=1S/C25H25N3O7S2/c1-16-2-4-18(5-3-16)24(29)28-22(25(30)27-19-12-13-36(31,32)15-19)14-20-8-11-23(35-20)17-6-9-21(10-7-17)37(26,33)34/h2-11,14,19H,12-13,15H2,1H3,(H,27,30)(H,28,29)(H2,26,33,34)/b22-14-/t19-/m1/s1. The molecule has 194 valence electrons. The minimum atomic E-state index is -3.84. The van der Waals surface area contributed by atoms with Crippen LogP contribution in [0, 0.1) is 6.92 Å². The summed E-state index contributed by atoms with van der Waals surface area (Å²) in [6, 6.07) is 15.2. The molecule has 0 spiro atoms. The number of rotatable bonds is 7. The van der Waals surface area contributed by atoms with E-state index in [1.54, 1.807) is 36.4 Å². The van der Waals surface area contributed by atoms with E-state index in [4.69, 9.17) is 9.56 Å². The topological polar surface area (TPSA) is 166 Å². The number of sulfonamides is 1. The highest BCUT2D eigenvalue weighted by Gasteiger charge is 2.30. The molecule has 1 aliphatic rings. The minimum absolute atomic E-state index is 0.0154. The summed E-state index contributed by atoms with van der Waals surface area (Å²) in [4.78, 5) is 25.8. The van der Waals surface area contributed by atoms with Gasteiger partial charge < -0.3 is 15.1 Å². The Kier molecular flexibility index (Phi) is 7.35. The number of furan rings is 1. The number of nitrogens with one attached hydrogen (secondary N) is 2. The van der Waals surface area contributed by atoms with Crippen molar-refractivity contribution in [3.8, 4) is 11.3 Å². The van der Waals surface area contributed by atoms with Crippen LogP contribution in [0.2, 0.25) is 0 Å². The molecule has 4 N–H and O–H groups in total. The van der Waals surface area contributed by atoms with Crippen LogP contribution in [0.1, 0.15) is 28.1 Å². The lowest BCUT2D eigenvalue weighted by Crippen LogP contribution is -2.41. The molecular formula is C25H25N3O7S2. The third-order valence-corrected chi connectivity index (χ3v) is 8.45. The van der Waals surface area contributed by atoms with Gasteiger partial charge in [-0.15, -0.1) is 0 Å². The number of sulfone groups is 1. The Bertz CT molecular complexity index is 1570. The SMILES string of the molecule is Cc1ccc(C(=O)N/C(=C\c2ccc(-c3ccc(S(N)(=O)=O)cc3)o2)C(=O)N[C@@H]2CCS(=O)(=O)C2)cc1. The lowest BCUT2D eigenvalue weighted by atomic mass is 10.1. The maximum Gasteiger partial charge on any atom is 0.268 e. The maximum atomic E-state index is 13.0. The van der Waals surface area contributed by atoms with E-state index in [1.165, 1.54) is 30.3 Å². The van der Waals surface area contributed by atoms with Gasteiger partial charge in [0.25, 0.3) is 11.8 Å². The lowest BCUT2D eigenvalue weighted by Gasteiger charge is -2.14. The van der Waals surface area contributed by atoms with E-state index in [1.807, 2.05) is 6.92 Å². The number of benzene rings is 2. The molecule has 0 unspecified atom stereocenters. The molecule has 0 bridgehead atoms. The molecule has 0 saturated carbocycles. The van der Waals surface area contributed by atoms with Gasteiger partial charge in [0.2, 0.25) is 10.0 Å². The van der Waals surface area contributed by atoms with Gasteiger partial charge in [-0.3, -0.25) is 9.59 Å². The summed E-state index contributed by atoms with van der Waals surface area (Å²) in [5.74, 6) is -0.739. The van der Waals surface area contributed by atoms with Crippen LogP contribution in [0.25, 0.3) is 17.4 Å². The number of carbonyl (C=O) groups excluding carboxylic acids is 2. The first-order valence-corrected chi connectivity index (χ1v) is 14.6. The molecule has 10 nitrogen and oxygen atoms in total. The Morgan fingerprint density at radius 3 is 2.30 bits per heavy atom. The normalized spacial score (nSPS) is 17.4. The van der Waals surface area contributed by atoms with Gasteiger partial charge in [0, 0.05) is 23.2 Å². The molecule has 37 heavy (non-hydrogen) atoms. The van der Waals surface area contributed by atoms with Crippen molar-refractivity contribution in [2.45, 2.75) is 24.3 Å². The van der Waals surface area contributed by atoms with Gasteiger partial charge in [0.05, 0.1) is 16.4 Å². The van der Waals surface area contributed by atoms with Gasteiger partial charge in [-0.05, 0) is 61.9 Å². The van der Waals surface area contributed by atoms with Crippen LogP contribution in [0.15, 0.2) is 75.7 Å². The number of hydrogen-bond donors (Lipinski definition) is 3. The van der Waals surface area contributed by atoms with E-state index in [-0.39, 0.29) is 34.3 Å². The van der Waals surface area contributed by atoms with E-state index in [0.717, 1.165) is 5.56 Å². The predicted octanol–water partition coefficient (Wildman–Crippen LogP) is 1.98. The number of aryl methyl sites for hydroxylation is 1. The molecule has 1 aliphatic heterocycles. The molecule has 2 amide bonds. The first-order valence-electron chi connectivity index (χ1n) is 11.2. The van der Waals surface area contributed by atoms with Gasteiger partial charge in [0.1, 0.15) is 17.2 Å². The highest BCUT2D eigenvalue weighted by atomic mass is 32.2. The molecule has 1 aromatic heterocycles. The molecule has 2 aromatic carbocycles. The molecule has 1 saturated heterocycles. The van der Waals surface area contributed by atoms with Crippen LogP contribution in [-0.2, 0) is 24.7 Å². The van der Waals surface area contributed by atoms with Crippen molar-refractivity contribution in [2.75, 3.05) is 11.5 Å². The highest BCUT2D eigenvalue weighted by molar-refractivity contribution is 7.91. The Hall–Kier alpha value is -3.74. The summed E-state index contributed by atoms with van der Waals surface area (Å²) in [5.41, 5.74) is 1.74. The second kappa shape index (κ2) is 10.3. The maximum absolute atomic E-state index is 13.0. The van der Waals surface area contributed by atoms with Crippen LogP contribution in [0.3, 0.4) is 0 Å². The summed E-state index contributed by atoms with van der Waals surface area (Å²) in [6.07, 6.45) is 1.62. The number of primary sulfonamides is 1. The van der Waals surface area contributed by atoms with Crippen LogP contribution in [-0.4, -0.2) is 46.2 Å². The van der Waals surface area contributed by atoms with Crippen molar-refractivity contribution in [3.63, 3.8) is 0 Å². The Labute approximate surface area is 214 Å². The molecule has 1 fully saturated rings. The van der Waals surface area contributed by atoms with Crippen LogP contribution < -0.4 is 15.8 Å². The van der Waals surface area contributed by atoms with E-state index >= 15 is 0 Å². The molecule has 2 heterocycles. The average molecular weight is 544 g/mol. The van der Waals surface area contributed by atoms with Gasteiger partial charge in [0.15, 0.2) is 9.84 Å². The first-order chi connectivity index (χ1) is 17.4. The minimum Gasteiger partial charge on any atom is -0.457 e. The summed E-state index contributed by atoms with van der Waals surface area (Å²) in [5, 5.41) is 10.4. The van der Waals surface area contributed by atoms with Crippen molar-refractivity contribution < 1.29 is 30.8 Å². The molecule has 4 rings (SSSR count). The van der Waals surface area contributed by atoms with Gasteiger partial charge >= 0.3 is 0 Å². The van der Waals surface area contributed by atoms with Crippen molar-refractivity contribution in [1.82, 2.24) is 10.6 Å².